The van der Waals surface area contributed by atoms with Gasteiger partial charge in [0.1, 0.15) is 12.1 Å². The molecule has 0 aliphatic rings. The monoisotopic (exact) mass is 476 g/mol. The minimum Gasteiger partial charge on any atom is -0.356 e. The van der Waals surface area contributed by atoms with E-state index >= 15 is 0 Å². The van der Waals surface area contributed by atoms with Gasteiger partial charge in [0, 0.05) is 38.7 Å². The summed E-state index contributed by atoms with van der Waals surface area (Å²) in [5, 5.41) is 6.67. The van der Waals surface area contributed by atoms with Crippen LogP contribution in [0.1, 0.15) is 17.5 Å². The molecule has 2 aromatic heterocycles. The van der Waals surface area contributed by atoms with Crippen molar-refractivity contribution in [2.45, 2.75) is 19.4 Å². The minimum atomic E-state index is 0. The van der Waals surface area contributed by atoms with Crippen molar-refractivity contribution in [2.75, 3.05) is 13.6 Å². The molecule has 0 saturated heterocycles. The van der Waals surface area contributed by atoms with E-state index in [1.807, 2.05) is 29.1 Å². The lowest BCUT2D eigenvalue weighted by Crippen LogP contribution is -2.37. The molecule has 0 fully saturated rings. The first-order chi connectivity index (χ1) is 12.8. The fraction of sp³-hybridized carbons (Fsp3) is 0.250. The Balaban J connectivity index is 0.00000261. The van der Waals surface area contributed by atoms with E-state index in [4.69, 9.17) is 0 Å². The predicted molar refractivity (Wildman–Crippen MR) is 120 cm³/mol. The lowest BCUT2D eigenvalue weighted by Gasteiger charge is -2.12. The van der Waals surface area contributed by atoms with Crippen LogP contribution in [0.2, 0.25) is 0 Å². The van der Waals surface area contributed by atoms with Gasteiger partial charge in [0.2, 0.25) is 0 Å². The zero-order valence-electron chi connectivity index (χ0n) is 15.4. The topological polar surface area (TPSA) is 67.1 Å². The summed E-state index contributed by atoms with van der Waals surface area (Å²) >= 11 is 0. The van der Waals surface area contributed by atoms with Gasteiger partial charge in [-0.25, -0.2) is 9.97 Å². The fourth-order valence-electron chi connectivity index (χ4n) is 2.62. The largest absolute Gasteiger partial charge is 0.356 e. The molecule has 0 spiro atoms. The highest BCUT2D eigenvalue weighted by Gasteiger charge is 2.01. The number of halogens is 1. The molecular formula is C20H25IN6. The lowest BCUT2D eigenvalue weighted by atomic mass is 10.1. The highest BCUT2D eigenvalue weighted by molar-refractivity contribution is 14.0. The van der Waals surface area contributed by atoms with Crippen LogP contribution in [0.25, 0.3) is 5.82 Å². The number of benzene rings is 1. The summed E-state index contributed by atoms with van der Waals surface area (Å²) < 4.78 is 1.88. The van der Waals surface area contributed by atoms with Gasteiger partial charge in [0.15, 0.2) is 5.96 Å². The number of imidazole rings is 1. The smallest absolute Gasteiger partial charge is 0.191 e. The van der Waals surface area contributed by atoms with E-state index in [2.05, 4.69) is 55.9 Å². The van der Waals surface area contributed by atoms with Crippen molar-refractivity contribution in [1.82, 2.24) is 25.2 Å². The van der Waals surface area contributed by atoms with Crippen molar-refractivity contribution in [3.8, 4) is 5.82 Å². The Hall–Kier alpha value is -2.42. The van der Waals surface area contributed by atoms with Crippen LogP contribution in [0.15, 0.2) is 72.4 Å². The number of aryl methyl sites for hydroxylation is 1. The van der Waals surface area contributed by atoms with Crippen molar-refractivity contribution in [3.63, 3.8) is 0 Å². The molecule has 1 aromatic carbocycles. The van der Waals surface area contributed by atoms with Crippen molar-refractivity contribution in [2.24, 2.45) is 4.99 Å². The lowest BCUT2D eigenvalue weighted by molar-refractivity contribution is 0.741. The van der Waals surface area contributed by atoms with Gasteiger partial charge in [0.05, 0.1) is 0 Å². The first kappa shape index (κ1) is 20.9. The van der Waals surface area contributed by atoms with Crippen molar-refractivity contribution in [3.05, 3.63) is 78.5 Å². The quantitative estimate of drug-likeness (QED) is 0.238. The highest BCUT2D eigenvalue weighted by Crippen LogP contribution is 2.05. The van der Waals surface area contributed by atoms with E-state index < -0.39 is 0 Å². The zero-order valence-corrected chi connectivity index (χ0v) is 17.7. The van der Waals surface area contributed by atoms with Crippen LogP contribution in [0, 0.1) is 0 Å². The van der Waals surface area contributed by atoms with Gasteiger partial charge < -0.3 is 10.6 Å². The number of aliphatic imine (C=N–C) groups is 1. The molecule has 0 aliphatic heterocycles. The maximum absolute atomic E-state index is 4.46. The Labute approximate surface area is 177 Å². The molecule has 3 rings (SSSR count). The summed E-state index contributed by atoms with van der Waals surface area (Å²) in [5.74, 6) is 1.66. The van der Waals surface area contributed by atoms with Crippen molar-refractivity contribution in [1.29, 1.82) is 0 Å². The number of hydrogen-bond donors (Lipinski definition) is 2. The van der Waals surface area contributed by atoms with Crippen LogP contribution in [0.4, 0.5) is 0 Å². The van der Waals surface area contributed by atoms with Crippen molar-refractivity contribution >= 4 is 29.9 Å². The van der Waals surface area contributed by atoms with Gasteiger partial charge >= 0.3 is 0 Å². The van der Waals surface area contributed by atoms with E-state index in [9.17, 15) is 0 Å². The number of pyridine rings is 1. The summed E-state index contributed by atoms with van der Waals surface area (Å²) in [4.78, 5) is 12.8. The second-order valence-electron chi connectivity index (χ2n) is 5.94. The summed E-state index contributed by atoms with van der Waals surface area (Å²) in [6, 6.07) is 14.6. The van der Waals surface area contributed by atoms with E-state index in [0.717, 1.165) is 36.7 Å². The predicted octanol–water partition coefficient (Wildman–Crippen LogP) is 3.18. The molecule has 7 heteroatoms. The average molecular weight is 476 g/mol. The second kappa shape index (κ2) is 11.3. The SMILES string of the molecule is CN=C(NCCCc1ccccc1)NCc1ccc(-n2ccnc2)nc1.I. The zero-order chi connectivity index (χ0) is 18.0. The van der Waals surface area contributed by atoms with Crippen LogP contribution >= 0.6 is 24.0 Å². The Morgan fingerprint density at radius 3 is 2.59 bits per heavy atom. The van der Waals surface area contributed by atoms with Gasteiger partial charge in [0.25, 0.3) is 0 Å². The van der Waals surface area contributed by atoms with Gasteiger partial charge in [-0.1, -0.05) is 36.4 Å². The molecule has 2 heterocycles. The minimum absolute atomic E-state index is 0. The molecule has 2 N–H and O–H groups in total. The van der Waals surface area contributed by atoms with E-state index in [-0.39, 0.29) is 24.0 Å². The molecule has 0 saturated carbocycles. The fourth-order valence-corrected chi connectivity index (χ4v) is 2.62. The molecule has 0 unspecified atom stereocenters. The van der Waals surface area contributed by atoms with Crippen LogP contribution in [-0.2, 0) is 13.0 Å². The molecular weight excluding hydrogens is 451 g/mol. The number of hydrogen-bond acceptors (Lipinski definition) is 3. The second-order valence-corrected chi connectivity index (χ2v) is 5.94. The van der Waals surface area contributed by atoms with Gasteiger partial charge in [-0.3, -0.25) is 9.56 Å². The number of nitrogens with zero attached hydrogens (tertiary/aromatic N) is 4. The van der Waals surface area contributed by atoms with Gasteiger partial charge in [-0.05, 0) is 30.0 Å². The highest BCUT2D eigenvalue weighted by atomic mass is 127. The Bertz CT molecular complexity index is 800. The third kappa shape index (κ3) is 6.67. The Morgan fingerprint density at radius 1 is 1.07 bits per heavy atom. The molecule has 6 nitrogen and oxygen atoms in total. The molecule has 0 radical (unpaired) electrons. The molecule has 27 heavy (non-hydrogen) atoms. The van der Waals surface area contributed by atoms with E-state index in [1.54, 1.807) is 19.6 Å². The number of guanidine groups is 1. The van der Waals surface area contributed by atoms with Gasteiger partial charge in [-0.2, -0.15) is 0 Å². The summed E-state index contributed by atoms with van der Waals surface area (Å²) in [5.41, 5.74) is 2.46. The molecule has 0 bridgehead atoms. The maximum Gasteiger partial charge on any atom is 0.191 e. The molecule has 0 amide bonds. The first-order valence-electron chi connectivity index (χ1n) is 8.77. The standard InChI is InChI=1S/C20H24N6.HI/c1-21-20(23-11-5-8-17-6-3-2-4-7-17)25-15-18-9-10-19(24-14-18)26-13-12-22-16-26;/h2-4,6-7,9-10,12-14,16H,5,8,11,15H2,1H3,(H2,21,23,25);1H. The summed E-state index contributed by atoms with van der Waals surface area (Å²) in [6.07, 6.45) is 9.34. The number of aromatic nitrogens is 3. The number of rotatable bonds is 7. The number of nitrogens with one attached hydrogen (secondary N) is 2. The molecule has 3 aromatic rings. The first-order valence-corrected chi connectivity index (χ1v) is 8.77. The third-order valence-corrected chi connectivity index (χ3v) is 4.04. The maximum atomic E-state index is 4.46. The van der Waals surface area contributed by atoms with E-state index in [0.29, 0.717) is 6.54 Å². The normalized spacial score (nSPS) is 10.9. The molecule has 0 aliphatic carbocycles. The molecule has 0 atom stereocenters. The Morgan fingerprint density at radius 2 is 1.93 bits per heavy atom. The van der Waals surface area contributed by atoms with Crippen molar-refractivity contribution < 1.29 is 0 Å². The summed E-state index contributed by atoms with van der Waals surface area (Å²) in [7, 11) is 1.78. The Kier molecular flexibility index (Phi) is 8.76. The van der Waals surface area contributed by atoms with Crippen LogP contribution < -0.4 is 10.6 Å². The average Bonchev–Trinajstić information content (AvgIpc) is 3.23. The van der Waals surface area contributed by atoms with Crippen LogP contribution in [0.3, 0.4) is 0 Å². The summed E-state index contributed by atoms with van der Waals surface area (Å²) in [6.45, 7) is 1.56. The van der Waals surface area contributed by atoms with Gasteiger partial charge in [-0.15, -0.1) is 24.0 Å². The van der Waals surface area contributed by atoms with Crippen LogP contribution in [0.5, 0.6) is 0 Å². The third-order valence-electron chi connectivity index (χ3n) is 4.04. The molecule has 142 valence electrons. The van der Waals surface area contributed by atoms with Crippen LogP contribution in [-0.4, -0.2) is 34.1 Å². The van der Waals surface area contributed by atoms with E-state index in [1.165, 1.54) is 5.56 Å².